The number of aromatic carboxylic acids is 1. The lowest BCUT2D eigenvalue weighted by molar-refractivity contribution is 0.0696. The van der Waals surface area contributed by atoms with Gasteiger partial charge in [-0.2, -0.15) is 0 Å². The Labute approximate surface area is 107 Å². The number of carbonyl (C=O) groups is 1. The molecule has 2 rings (SSSR count). The average molecular weight is 249 g/mol. The Morgan fingerprint density at radius 2 is 2.00 bits per heavy atom. The molecule has 0 saturated carbocycles. The summed E-state index contributed by atoms with van der Waals surface area (Å²) < 4.78 is 0. The van der Waals surface area contributed by atoms with Crippen LogP contribution in [0.2, 0.25) is 0 Å². The molecule has 1 saturated heterocycles. The number of likely N-dealkylation sites (N-methyl/N-ethyl adjacent to an activating group) is 1. The van der Waals surface area contributed by atoms with E-state index in [0.717, 1.165) is 45.0 Å². The summed E-state index contributed by atoms with van der Waals surface area (Å²) in [5.41, 5.74) is 1.15. The Bertz CT molecular complexity index is 414. The second-order valence-electron chi connectivity index (χ2n) is 4.55. The van der Waals surface area contributed by atoms with Gasteiger partial charge in [0.05, 0.1) is 11.3 Å². The molecule has 5 nitrogen and oxygen atoms in total. The highest BCUT2D eigenvalue weighted by atomic mass is 16.4. The highest BCUT2D eigenvalue weighted by molar-refractivity contribution is 5.87. The zero-order chi connectivity index (χ0) is 13.0. The van der Waals surface area contributed by atoms with E-state index in [2.05, 4.69) is 21.7 Å². The number of carboxylic acid groups (broad SMARTS) is 1. The van der Waals surface area contributed by atoms with Crippen LogP contribution in [0.25, 0.3) is 0 Å². The standard InChI is InChI=1S/C13H19N3O2/c1-2-15-5-7-16(8-6-15)10-12-9-11(13(17)18)3-4-14-12/h3-4,9H,2,5-8,10H2,1H3,(H,17,18). The van der Waals surface area contributed by atoms with Crippen LogP contribution in [0.5, 0.6) is 0 Å². The van der Waals surface area contributed by atoms with Crippen molar-refractivity contribution in [2.24, 2.45) is 0 Å². The second kappa shape index (κ2) is 5.93. The van der Waals surface area contributed by atoms with E-state index in [9.17, 15) is 4.79 Å². The third-order valence-corrected chi connectivity index (χ3v) is 3.36. The lowest BCUT2D eigenvalue weighted by Gasteiger charge is -2.33. The maximum absolute atomic E-state index is 10.9. The highest BCUT2D eigenvalue weighted by Gasteiger charge is 2.16. The van der Waals surface area contributed by atoms with Gasteiger partial charge < -0.3 is 10.0 Å². The van der Waals surface area contributed by atoms with Crippen LogP contribution in [0.15, 0.2) is 18.3 Å². The molecular formula is C13H19N3O2. The zero-order valence-electron chi connectivity index (χ0n) is 10.7. The first-order valence-electron chi connectivity index (χ1n) is 6.32. The Hall–Kier alpha value is -1.46. The van der Waals surface area contributed by atoms with Gasteiger partial charge in [-0.3, -0.25) is 9.88 Å². The number of nitrogens with zero attached hydrogens (tertiary/aromatic N) is 3. The normalized spacial score (nSPS) is 17.8. The number of aromatic nitrogens is 1. The first-order valence-corrected chi connectivity index (χ1v) is 6.32. The van der Waals surface area contributed by atoms with Crippen LogP contribution < -0.4 is 0 Å². The number of piperazine rings is 1. The van der Waals surface area contributed by atoms with Crippen molar-refractivity contribution >= 4 is 5.97 Å². The molecule has 1 N–H and O–H groups in total. The minimum absolute atomic E-state index is 0.312. The monoisotopic (exact) mass is 249 g/mol. The first-order chi connectivity index (χ1) is 8.69. The molecule has 0 bridgehead atoms. The van der Waals surface area contributed by atoms with Gasteiger partial charge in [-0.25, -0.2) is 4.79 Å². The third kappa shape index (κ3) is 3.27. The van der Waals surface area contributed by atoms with Crippen LogP contribution in [0, 0.1) is 0 Å². The summed E-state index contributed by atoms with van der Waals surface area (Å²) >= 11 is 0. The van der Waals surface area contributed by atoms with Crippen LogP contribution in [0.3, 0.4) is 0 Å². The maximum atomic E-state index is 10.9. The molecule has 0 atom stereocenters. The van der Waals surface area contributed by atoms with Gasteiger partial charge in [-0.1, -0.05) is 6.92 Å². The Morgan fingerprint density at radius 1 is 1.33 bits per heavy atom. The second-order valence-corrected chi connectivity index (χ2v) is 4.55. The van der Waals surface area contributed by atoms with Gasteiger partial charge in [0.15, 0.2) is 0 Å². The molecule has 1 aliphatic heterocycles. The summed E-state index contributed by atoms with van der Waals surface area (Å²) in [5.74, 6) is -0.894. The molecule has 2 heterocycles. The van der Waals surface area contributed by atoms with Crippen molar-refractivity contribution in [1.29, 1.82) is 0 Å². The SMILES string of the molecule is CCN1CCN(Cc2cc(C(=O)O)ccn2)CC1. The Kier molecular flexibility index (Phi) is 4.28. The van der Waals surface area contributed by atoms with Crippen LogP contribution in [-0.4, -0.2) is 58.6 Å². The lowest BCUT2D eigenvalue weighted by Crippen LogP contribution is -2.45. The van der Waals surface area contributed by atoms with Crippen molar-refractivity contribution in [3.05, 3.63) is 29.6 Å². The predicted octanol–water partition coefficient (Wildman–Crippen LogP) is 0.917. The highest BCUT2D eigenvalue weighted by Crippen LogP contribution is 2.08. The van der Waals surface area contributed by atoms with Crippen molar-refractivity contribution < 1.29 is 9.90 Å². The van der Waals surface area contributed by atoms with E-state index < -0.39 is 5.97 Å². The van der Waals surface area contributed by atoms with Gasteiger partial charge in [-0.05, 0) is 18.7 Å². The predicted molar refractivity (Wildman–Crippen MR) is 68.6 cm³/mol. The van der Waals surface area contributed by atoms with Crippen molar-refractivity contribution in [2.75, 3.05) is 32.7 Å². The molecule has 0 radical (unpaired) electrons. The molecule has 0 aliphatic carbocycles. The number of hydrogen-bond acceptors (Lipinski definition) is 4. The van der Waals surface area contributed by atoms with Crippen LogP contribution >= 0.6 is 0 Å². The molecule has 98 valence electrons. The largest absolute Gasteiger partial charge is 0.478 e. The van der Waals surface area contributed by atoms with Crippen molar-refractivity contribution in [2.45, 2.75) is 13.5 Å². The molecule has 1 fully saturated rings. The summed E-state index contributed by atoms with van der Waals surface area (Å²) in [7, 11) is 0. The van der Waals surface area contributed by atoms with Crippen molar-refractivity contribution in [3.63, 3.8) is 0 Å². The van der Waals surface area contributed by atoms with E-state index in [-0.39, 0.29) is 0 Å². The van der Waals surface area contributed by atoms with Crippen LogP contribution in [0.4, 0.5) is 0 Å². The summed E-state index contributed by atoms with van der Waals surface area (Å²) in [4.78, 5) is 19.8. The fourth-order valence-electron chi connectivity index (χ4n) is 2.19. The topological polar surface area (TPSA) is 56.7 Å². The van der Waals surface area contributed by atoms with E-state index in [1.807, 2.05) is 0 Å². The van der Waals surface area contributed by atoms with E-state index in [1.165, 1.54) is 6.07 Å². The molecule has 5 heteroatoms. The van der Waals surface area contributed by atoms with Crippen LogP contribution in [-0.2, 0) is 6.54 Å². The maximum Gasteiger partial charge on any atom is 0.335 e. The van der Waals surface area contributed by atoms with Gasteiger partial charge in [0.1, 0.15) is 0 Å². The molecule has 0 amide bonds. The molecule has 1 aliphatic rings. The minimum Gasteiger partial charge on any atom is -0.478 e. The van der Waals surface area contributed by atoms with Crippen LogP contribution in [0.1, 0.15) is 23.0 Å². The zero-order valence-corrected chi connectivity index (χ0v) is 10.7. The van der Waals surface area contributed by atoms with Gasteiger partial charge in [0.2, 0.25) is 0 Å². The summed E-state index contributed by atoms with van der Waals surface area (Å²) in [6, 6.07) is 3.19. The minimum atomic E-state index is -0.894. The van der Waals surface area contributed by atoms with Crippen molar-refractivity contribution in [3.8, 4) is 0 Å². The molecule has 0 aromatic carbocycles. The summed E-state index contributed by atoms with van der Waals surface area (Å²) in [5, 5.41) is 8.93. The van der Waals surface area contributed by atoms with E-state index >= 15 is 0 Å². The average Bonchev–Trinajstić information content (AvgIpc) is 2.40. The van der Waals surface area contributed by atoms with E-state index in [1.54, 1.807) is 12.3 Å². The molecule has 18 heavy (non-hydrogen) atoms. The third-order valence-electron chi connectivity index (χ3n) is 3.36. The summed E-state index contributed by atoms with van der Waals surface area (Å²) in [6.45, 7) is 8.21. The quantitative estimate of drug-likeness (QED) is 0.860. The molecule has 1 aromatic rings. The Balaban J connectivity index is 1.94. The fraction of sp³-hybridized carbons (Fsp3) is 0.538. The molecular weight excluding hydrogens is 230 g/mol. The smallest absolute Gasteiger partial charge is 0.335 e. The number of carboxylic acids is 1. The first kappa shape index (κ1) is 13.0. The fourth-order valence-corrected chi connectivity index (χ4v) is 2.19. The number of pyridine rings is 1. The lowest BCUT2D eigenvalue weighted by atomic mass is 10.2. The molecule has 1 aromatic heterocycles. The van der Waals surface area contributed by atoms with Gasteiger partial charge >= 0.3 is 5.97 Å². The van der Waals surface area contributed by atoms with Gasteiger partial charge in [0.25, 0.3) is 0 Å². The number of rotatable bonds is 4. The van der Waals surface area contributed by atoms with Gasteiger partial charge in [0, 0.05) is 38.9 Å². The van der Waals surface area contributed by atoms with E-state index in [0.29, 0.717) is 5.56 Å². The molecule has 0 spiro atoms. The Morgan fingerprint density at radius 3 is 2.61 bits per heavy atom. The van der Waals surface area contributed by atoms with Gasteiger partial charge in [-0.15, -0.1) is 0 Å². The number of hydrogen-bond donors (Lipinski definition) is 1. The molecule has 0 unspecified atom stereocenters. The van der Waals surface area contributed by atoms with Crippen molar-refractivity contribution in [1.82, 2.24) is 14.8 Å². The summed E-state index contributed by atoms with van der Waals surface area (Å²) in [6.07, 6.45) is 1.57. The van der Waals surface area contributed by atoms with E-state index in [4.69, 9.17) is 5.11 Å².